The molecule has 1 fully saturated rings. The molecule has 1 aliphatic rings. The third-order valence-electron chi connectivity index (χ3n) is 3.22. The number of carboxylic acids is 1. The van der Waals surface area contributed by atoms with Crippen molar-refractivity contribution >= 4 is 11.9 Å². The summed E-state index contributed by atoms with van der Waals surface area (Å²) in [4.78, 5) is 23.1. The van der Waals surface area contributed by atoms with E-state index in [1.807, 2.05) is 6.92 Å². The molecule has 1 saturated heterocycles. The summed E-state index contributed by atoms with van der Waals surface area (Å²) in [7, 11) is 0. The molecule has 2 heterocycles. The number of aromatic carboxylic acids is 1. The third-order valence-corrected chi connectivity index (χ3v) is 3.22. The van der Waals surface area contributed by atoms with Gasteiger partial charge in [-0.15, -0.1) is 0 Å². The molecule has 2 rings (SSSR count). The highest BCUT2D eigenvalue weighted by Gasteiger charge is 2.33. The molecule has 6 nitrogen and oxygen atoms in total. The lowest BCUT2D eigenvalue weighted by Gasteiger charge is -2.22. The van der Waals surface area contributed by atoms with E-state index < -0.39 is 17.4 Å². The molecule has 6 heteroatoms. The molecule has 0 radical (unpaired) electrons. The lowest BCUT2D eigenvalue weighted by atomic mass is 10.0. The maximum atomic E-state index is 12.1. The van der Waals surface area contributed by atoms with Crippen molar-refractivity contribution in [2.45, 2.75) is 32.2 Å². The van der Waals surface area contributed by atoms with Crippen LogP contribution in [0.1, 0.15) is 46.9 Å². The first kappa shape index (κ1) is 13.6. The number of furan rings is 1. The van der Waals surface area contributed by atoms with Crippen molar-refractivity contribution in [3.05, 3.63) is 23.2 Å². The van der Waals surface area contributed by atoms with Crippen LogP contribution in [-0.4, -0.2) is 35.7 Å². The van der Waals surface area contributed by atoms with Crippen LogP contribution in [-0.2, 0) is 11.2 Å². The zero-order valence-corrected chi connectivity index (χ0v) is 11.0. The highest BCUT2D eigenvalue weighted by atomic mass is 16.5. The van der Waals surface area contributed by atoms with Gasteiger partial charge in [-0.2, -0.15) is 0 Å². The largest absolute Gasteiger partial charge is 0.478 e. The minimum atomic E-state index is -1.09. The molecule has 1 amide bonds. The van der Waals surface area contributed by atoms with E-state index in [0.717, 1.165) is 6.42 Å². The predicted molar refractivity (Wildman–Crippen MR) is 66.4 cm³/mol. The van der Waals surface area contributed by atoms with Crippen molar-refractivity contribution in [1.29, 1.82) is 0 Å². The Balaban J connectivity index is 2.17. The Morgan fingerprint density at radius 1 is 1.53 bits per heavy atom. The van der Waals surface area contributed by atoms with Gasteiger partial charge in [0.15, 0.2) is 5.76 Å². The third kappa shape index (κ3) is 2.78. The molecule has 0 aromatic carbocycles. The first-order chi connectivity index (χ1) is 8.95. The molecule has 1 unspecified atom stereocenters. The number of carbonyl (C=O) groups is 2. The summed E-state index contributed by atoms with van der Waals surface area (Å²) in [6, 6.07) is 1.27. The summed E-state index contributed by atoms with van der Waals surface area (Å²) in [6.45, 7) is 4.72. The summed E-state index contributed by atoms with van der Waals surface area (Å²) in [6.07, 6.45) is 1.15. The van der Waals surface area contributed by atoms with Crippen LogP contribution in [0.3, 0.4) is 0 Å². The fourth-order valence-electron chi connectivity index (χ4n) is 2.09. The van der Waals surface area contributed by atoms with E-state index in [1.165, 1.54) is 6.07 Å². The number of carboxylic acid groups (broad SMARTS) is 1. The van der Waals surface area contributed by atoms with Gasteiger partial charge in [-0.05, 0) is 13.3 Å². The van der Waals surface area contributed by atoms with Gasteiger partial charge in [0, 0.05) is 19.1 Å². The van der Waals surface area contributed by atoms with Gasteiger partial charge in [0.25, 0.3) is 5.91 Å². The fraction of sp³-hybridized carbons (Fsp3) is 0.538. The second-order valence-electron chi connectivity index (χ2n) is 4.92. The normalized spacial score (nSPS) is 22.4. The van der Waals surface area contributed by atoms with Crippen LogP contribution < -0.4 is 5.32 Å². The lowest BCUT2D eigenvalue weighted by molar-refractivity contribution is 0.0694. The Labute approximate surface area is 110 Å². The molecule has 0 aliphatic carbocycles. The van der Waals surface area contributed by atoms with Crippen molar-refractivity contribution in [3.8, 4) is 0 Å². The number of ether oxygens (including phenoxy) is 1. The fourth-order valence-corrected chi connectivity index (χ4v) is 2.09. The minimum Gasteiger partial charge on any atom is -0.478 e. The SMILES string of the molecule is CCc1oc(C(=O)NC2(C)CCOC2)cc1C(=O)O. The maximum Gasteiger partial charge on any atom is 0.339 e. The van der Waals surface area contributed by atoms with Crippen LogP contribution in [0.15, 0.2) is 10.5 Å². The van der Waals surface area contributed by atoms with E-state index in [-0.39, 0.29) is 11.3 Å². The molecule has 1 aromatic heterocycles. The Bertz CT molecular complexity index is 499. The monoisotopic (exact) mass is 267 g/mol. The molecule has 0 bridgehead atoms. The van der Waals surface area contributed by atoms with Gasteiger partial charge in [-0.25, -0.2) is 4.79 Å². The summed E-state index contributed by atoms with van der Waals surface area (Å²) < 4.78 is 10.6. The average molecular weight is 267 g/mol. The molecule has 2 N–H and O–H groups in total. The van der Waals surface area contributed by atoms with Crippen LogP contribution in [0.2, 0.25) is 0 Å². The molecule has 1 aromatic rings. The Kier molecular flexibility index (Phi) is 3.61. The molecular weight excluding hydrogens is 250 g/mol. The number of nitrogens with one attached hydrogen (secondary N) is 1. The van der Waals surface area contributed by atoms with E-state index in [1.54, 1.807) is 6.92 Å². The number of hydrogen-bond acceptors (Lipinski definition) is 4. The smallest absolute Gasteiger partial charge is 0.339 e. The number of hydrogen-bond donors (Lipinski definition) is 2. The van der Waals surface area contributed by atoms with Gasteiger partial charge in [0.2, 0.25) is 0 Å². The summed E-state index contributed by atoms with van der Waals surface area (Å²) in [5.41, 5.74) is -0.375. The van der Waals surface area contributed by atoms with E-state index in [0.29, 0.717) is 25.4 Å². The number of amides is 1. The molecule has 1 aliphatic heterocycles. The van der Waals surface area contributed by atoms with Crippen LogP contribution in [0, 0.1) is 0 Å². The standard InChI is InChI=1S/C13H17NO5/c1-3-9-8(12(16)17)6-10(19-9)11(15)14-13(2)4-5-18-7-13/h6H,3-5,7H2,1-2H3,(H,14,15)(H,16,17). The first-order valence-electron chi connectivity index (χ1n) is 6.21. The van der Waals surface area contributed by atoms with Gasteiger partial charge >= 0.3 is 5.97 Å². The Morgan fingerprint density at radius 2 is 2.26 bits per heavy atom. The van der Waals surface area contributed by atoms with E-state index >= 15 is 0 Å². The van der Waals surface area contributed by atoms with Gasteiger partial charge in [0.05, 0.1) is 12.1 Å². The molecule has 19 heavy (non-hydrogen) atoms. The number of rotatable bonds is 4. The summed E-state index contributed by atoms with van der Waals surface area (Å²) in [5.74, 6) is -1.15. The second-order valence-corrected chi connectivity index (χ2v) is 4.92. The highest BCUT2D eigenvalue weighted by Crippen LogP contribution is 2.20. The van der Waals surface area contributed by atoms with E-state index in [2.05, 4.69) is 5.32 Å². The van der Waals surface area contributed by atoms with Crippen molar-refractivity contribution in [2.75, 3.05) is 13.2 Å². The zero-order valence-electron chi connectivity index (χ0n) is 11.0. The molecular formula is C13H17NO5. The Morgan fingerprint density at radius 3 is 2.74 bits per heavy atom. The van der Waals surface area contributed by atoms with E-state index in [4.69, 9.17) is 14.3 Å². The van der Waals surface area contributed by atoms with Crippen molar-refractivity contribution in [3.63, 3.8) is 0 Å². The molecule has 0 saturated carbocycles. The Hall–Kier alpha value is -1.82. The number of carbonyl (C=O) groups excluding carboxylic acids is 1. The average Bonchev–Trinajstić information content (AvgIpc) is 2.95. The van der Waals surface area contributed by atoms with Crippen LogP contribution in [0.4, 0.5) is 0 Å². The topological polar surface area (TPSA) is 88.8 Å². The molecule has 104 valence electrons. The maximum absolute atomic E-state index is 12.1. The molecule has 1 atom stereocenters. The first-order valence-corrected chi connectivity index (χ1v) is 6.21. The predicted octanol–water partition coefficient (Wildman–Crippen LogP) is 1.45. The van der Waals surface area contributed by atoms with Crippen molar-refractivity contribution < 1.29 is 23.8 Å². The van der Waals surface area contributed by atoms with Gasteiger partial charge in [0.1, 0.15) is 11.3 Å². The van der Waals surface area contributed by atoms with Crippen LogP contribution >= 0.6 is 0 Å². The van der Waals surface area contributed by atoms with Gasteiger partial charge < -0.3 is 19.6 Å². The quantitative estimate of drug-likeness (QED) is 0.861. The van der Waals surface area contributed by atoms with Crippen LogP contribution in [0.25, 0.3) is 0 Å². The van der Waals surface area contributed by atoms with Crippen molar-refractivity contribution in [1.82, 2.24) is 5.32 Å². The second kappa shape index (κ2) is 5.05. The van der Waals surface area contributed by atoms with Gasteiger partial charge in [-0.3, -0.25) is 4.79 Å². The van der Waals surface area contributed by atoms with Crippen molar-refractivity contribution in [2.24, 2.45) is 0 Å². The highest BCUT2D eigenvalue weighted by molar-refractivity contribution is 5.96. The molecule has 0 spiro atoms. The zero-order chi connectivity index (χ0) is 14.0. The van der Waals surface area contributed by atoms with Crippen LogP contribution in [0.5, 0.6) is 0 Å². The lowest BCUT2D eigenvalue weighted by Crippen LogP contribution is -2.46. The summed E-state index contributed by atoms with van der Waals surface area (Å²) in [5, 5.41) is 11.8. The van der Waals surface area contributed by atoms with E-state index in [9.17, 15) is 9.59 Å². The van der Waals surface area contributed by atoms with Gasteiger partial charge in [-0.1, -0.05) is 6.92 Å². The summed E-state index contributed by atoms with van der Waals surface area (Å²) >= 11 is 0. The minimum absolute atomic E-state index is 0.0300. The number of aryl methyl sites for hydroxylation is 1.